The molecule has 0 aromatic heterocycles. The third kappa shape index (κ3) is 3.36. The summed E-state index contributed by atoms with van der Waals surface area (Å²) < 4.78 is 4.76. The van der Waals surface area contributed by atoms with Gasteiger partial charge in [-0.05, 0) is 17.5 Å². The average Bonchev–Trinajstić information content (AvgIpc) is 2.18. The van der Waals surface area contributed by atoms with Crippen LogP contribution in [0.3, 0.4) is 0 Å². The fourth-order valence-corrected chi connectivity index (χ4v) is 1.43. The fourth-order valence-electron chi connectivity index (χ4n) is 1.43. The van der Waals surface area contributed by atoms with E-state index in [9.17, 15) is 4.79 Å². The Morgan fingerprint density at radius 1 is 1.40 bits per heavy atom. The smallest absolute Gasteiger partial charge is 0.250 e. The van der Waals surface area contributed by atoms with Crippen LogP contribution in [-0.2, 0) is 9.53 Å². The number of rotatable bonds is 4. The van der Waals surface area contributed by atoms with Crippen LogP contribution in [0.2, 0.25) is 0 Å². The first-order valence-electron chi connectivity index (χ1n) is 5.03. The molecular weight excluding hydrogens is 190 g/mol. The number of para-hydroxylation sites is 1. The first-order valence-corrected chi connectivity index (χ1v) is 5.03. The lowest BCUT2D eigenvalue weighted by atomic mass is 10.0. The number of benzene rings is 1. The Labute approximate surface area is 90.4 Å². The summed E-state index contributed by atoms with van der Waals surface area (Å²) in [5, 5.41) is 2.83. The van der Waals surface area contributed by atoms with Crippen molar-refractivity contribution in [2.75, 3.05) is 19.0 Å². The van der Waals surface area contributed by atoms with Crippen LogP contribution < -0.4 is 5.32 Å². The molecule has 0 radical (unpaired) electrons. The Balaban J connectivity index is 2.80. The Kier molecular flexibility index (Phi) is 4.31. The zero-order valence-electron chi connectivity index (χ0n) is 9.41. The van der Waals surface area contributed by atoms with Gasteiger partial charge in [-0.25, -0.2) is 0 Å². The van der Waals surface area contributed by atoms with Gasteiger partial charge in [0.05, 0.1) is 0 Å². The van der Waals surface area contributed by atoms with E-state index in [1.54, 1.807) is 0 Å². The molecule has 1 amide bonds. The lowest BCUT2D eigenvalue weighted by Gasteiger charge is -2.13. The number of methoxy groups -OCH3 is 1. The molecule has 1 rings (SSSR count). The maximum absolute atomic E-state index is 11.4. The van der Waals surface area contributed by atoms with E-state index < -0.39 is 0 Å². The van der Waals surface area contributed by atoms with Crippen LogP contribution in [0, 0.1) is 0 Å². The van der Waals surface area contributed by atoms with Gasteiger partial charge in [0.1, 0.15) is 6.61 Å². The normalized spacial score (nSPS) is 10.4. The molecule has 0 saturated heterocycles. The molecule has 0 aliphatic rings. The summed E-state index contributed by atoms with van der Waals surface area (Å²) in [6.45, 7) is 4.29. The molecule has 0 bridgehead atoms. The van der Waals surface area contributed by atoms with Gasteiger partial charge in [-0.2, -0.15) is 0 Å². The maximum Gasteiger partial charge on any atom is 0.250 e. The topological polar surface area (TPSA) is 38.3 Å². The zero-order valence-corrected chi connectivity index (χ0v) is 9.41. The minimum Gasteiger partial charge on any atom is -0.375 e. The molecule has 1 aromatic carbocycles. The summed E-state index contributed by atoms with van der Waals surface area (Å²) in [5.74, 6) is 0.273. The molecule has 3 heteroatoms. The van der Waals surface area contributed by atoms with E-state index in [4.69, 9.17) is 4.74 Å². The first-order chi connectivity index (χ1) is 7.15. The van der Waals surface area contributed by atoms with Crippen LogP contribution in [-0.4, -0.2) is 19.6 Å². The molecule has 0 unspecified atom stereocenters. The van der Waals surface area contributed by atoms with Crippen molar-refractivity contribution in [3.05, 3.63) is 29.8 Å². The minimum absolute atomic E-state index is 0.0897. The van der Waals surface area contributed by atoms with Crippen molar-refractivity contribution >= 4 is 11.6 Å². The number of ether oxygens (including phenoxy) is 1. The number of nitrogens with one attached hydrogen (secondary N) is 1. The Morgan fingerprint density at radius 3 is 2.67 bits per heavy atom. The van der Waals surface area contributed by atoms with Gasteiger partial charge in [-0.1, -0.05) is 32.0 Å². The Hall–Kier alpha value is -1.35. The molecule has 3 nitrogen and oxygen atoms in total. The van der Waals surface area contributed by atoms with Gasteiger partial charge < -0.3 is 10.1 Å². The molecule has 0 spiro atoms. The molecule has 0 aliphatic carbocycles. The molecule has 82 valence electrons. The highest BCUT2D eigenvalue weighted by atomic mass is 16.5. The second-order valence-electron chi connectivity index (χ2n) is 3.72. The second kappa shape index (κ2) is 5.51. The van der Waals surface area contributed by atoms with E-state index in [0.717, 1.165) is 11.3 Å². The van der Waals surface area contributed by atoms with E-state index in [-0.39, 0.29) is 12.5 Å². The van der Waals surface area contributed by atoms with E-state index in [1.807, 2.05) is 24.3 Å². The van der Waals surface area contributed by atoms with Gasteiger partial charge in [-0.3, -0.25) is 4.79 Å². The van der Waals surface area contributed by atoms with Crippen molar-refractivity contribution in [3.63, 3.8) is 0 Å². The summed E-state index contributed by atoms with van der Waals surface area (Å²) >= 11 is 0. The number of carbonyl (C=O) groups excluding carboxylic acids is 1. The Bertz CT molecular complexity index is 334. The molecule has 1 N–H and O–H groups in total. The third-order valence-electron chi connectivity index (χ3n) is 2.13. The van der Waals surface area contributed by atoms with Crippen molar-refractivity contribution < 1.29 is 9.53 Å². The van der Waals surface area contributed by atoms with Crippen LogP contribution in [0.15, 0.2) is 24.3 Å². The lowest BCUT2D eigenvalue weighted by Crippen LogP contribution is -2.18. The summed E-state index contributed by atoms with van der Waals surface area (Å²) in [5.41, 5.74) is 2.01. The van der Waals surface area contributed by atoms with Crippen molar-refractivity contribution in [1.82, 2.24) is 0 Å². The number of anilines is 1. The number of hydrogen-bond acceptors (Lipinski definition) is 2. The summed E-state index contributed by atoms with van der Waals surface area (Å²) in [4.78, 5) is 11.4. The maximum atomic E-state index is 11.4. The molecule has 0 heterocycles. The molecule has 0 atom stereocenters. The average molecular weight is 207 g/mol. The van der Waals surface area contributed by atoms with E-state index in [2.05, 4.69) is 19.2 Å². The second-order valence-corrected chi connectivity index (χ2v) is 3.72. The SMILES string of the molecule is COCC(=O)Nc1ccccc1C(C)C. The minimum atomic E-state index is -0.120. The fraction of sp³-hybridized carbons (Fsp3) is 0.417. The molecule has 0 fully saturated rings. The number of hydrogen-bond donors (Lipinski definition) is 1. The Morgan fingerprint density at radius 2 is 2.07 bits per heavy atom. The highest BCUT2D eigenvalue weighted by Gasteiger charge is 2.08. The van der Waals surface area contributed by atoms with Crippen LogP contribution in [0.5, 0.6) is 0 Å². The predicted molar refractivity (Wildman–Crippen MR) is 61.0 cm³/mol. The quantitative estimate of drug-likeness (QED) is 0.823. The molecule has 15 heavy (non-hydrogen) atoms. The van der Waals surface area contributed by atoms with E-state index in [1.165, 1.54) is 7.11 Å². The van der Waals surface area contributed by atoms with Crippen molar-refractivity contribution in [2.45, 2.75) is 19.8 Å². The first kappa shape index (κ1) is 11.7. The van der Waals surface area contributed by atoms with Crippen LogP contribution >= 0.6 is 0 Å². The lowest BCUT2D eigenvalue weighted by molar-refractivity contribution is -0.119. The summed E-state index contributed by atoms with van der Waals surface area (Å²) in [7, 11) is 1.51. The van der Waals surface area contributed by atoms with Gasteiger partial charge >= 0.3 is 0 Å². The van der Waals surface area contributed by atoms with E-state index >= 15 is 0 Å². The monoisotopic (exact) mass is 207 g/mol. The molecular formula is C12H17NO2. The zero-order chi connectivity index (χ0) is 11.3. The van der Waals surface area contributed by atoms with E-state index in [0.29, 0.717) is 5.92 Å². The summed E-state index contributed by atoms with van der Waals surface area (Å²) in [6.07, 6.45) is 0. The van der Waals surface area contributed by atoms with Gasteiger partial charge in [-0.15, -0.1) is 0 Å². The van der Waals surface area contributed by atoms with Crippen molar-refractivity contribution in [3.8, 4) is 0 Å². The standard InChI is InChI=1S/C12H17NO2/c1-9(2)10-6-4-5-7-11(10)13-12(14)8-15-3/h4-7,9H,8H2,1-3H3,(H,13,14). The van der Waals surface area contributed by atoms with Crippen LogP contribution in [0.1, 0.15) is 25.3 Å². The molecule has 0 aliphatic heterocycles. The van der Waals surface area contributed by atoms with Gasteiger partial charge in [0.2, 0.25) is 5.91 Å². The van der Waals surface area contributed by atoms with Crippen LogP contribution in [0.25, 0.3) is 0 Å². The number of carbonyl (C=O) groups is 1. The van der Waals surface area contributed by atoms with Crippen LogP contribution in [0.4, 0.5) is 5.69 Å². The highest BCUT2D eigenvalue weighted by Crippen LogP contribution is 2.23. The highest BCUT2D eigenvalue weighted by molar-refractivity contribution is 5.92. The van der Waals surface area contributed by atoms with Gasteiger partial charge in [0.25, 0.3) is 0 Å². The summed E-state index contributed by atoms with van der Waals surface area (Å²) in [6, 6.07) is 7.81. The van der Waals surface area contributed by atoms with Crippen molar-refractivity contribution in [2.24, 2.45) is 0 Å². The largest absolute Gasteiger partial charge is 0.375 e. The number of amides is 1. The van der Waals surface area contributed by atoms with Gasteiger partial charge in [0, 0.05) is 12.8 Å². The predicted octanol–water partition coefficient (Wildman–Crippen LogP) is 2.39. The van der Waals surface area contributed by atoms with Crippen molar-refractivity contribution in [1.29, 1.82) is 0 Å². The third-order valence-corrected chi connectivity index (χ3v) is 2.13. The molecule has 0 saturated carbocycles. The van der Waals surface area contributed by atoms with Gasteiger partial charge in [0.15, 0.2) is 0 Å². The molecule has 1 aromatic rings.